The first-order chi connectivity index (χ1) is 16.1. The summed E-state index contributed by atoms with van der Waals surface area (Å²) >= 11 is 0. The molecular formula is C23H21N7O4. The Morgan fingerprint density at radius 1 is 0.941 bits per heavy atom. The number of nitrogens with zero attached hydrogens (tertiary/aromatic N) is 4. The van der Waals surface area contributed by atoms with Gasteiger partial charge in [0.05, 0.1) is 11.9 Å². The monoisotopic (exact) mass is 459 g/mol. The summed E-state index contributed by atoms with van der Waals surface area (Å²) in [6.45, 7) is 3.57. The molecule has 0 aliphatic heterocycles. The van der Waals surface area contributed by atoms with Crippen molar-refractivity contribution in [3.8, 4) is 5.69 Å². The Bertz CT molecular complexity index is 1480. The van der Waals surface area contributed by atoms with E-state index in [4.69, 9.17) is 11.5 Å². The molecule has 3 amide bonds. The highest BCUT2D eigenvalue weighted by molar-refractivity contribution is 6.01. The van der Waals surface area contributed by atoms with Crippen LogP contribution >= 0.6 is 0 Å². The first-order valence-electron chi connectivity index (χ1n) is 10.2. The van der Waals surface area contributed by atoms with Gasteiger partial charge in [0, 0.05) is 16.8 Å². The quantitative estimate of drug-likeness (QED) is 0.389. The summed E-state index contributed by atoms with van der Waals surface area (Å²) in [5.74, 6) is -2.16. The van der Waals surface area contributed by atoms with Gasteiger partial charge in [-0.3, -0.25) is 23.7 Å². The van der Waals surface area contributed by atoms with Gasteiger partial charge in [0.2, 0.25) is 17.7 Å². The molecule has 2 aromatic carbocycles. The third-order valence-corrected chi connectivity index (χ3v) is 5.11. The summed E-state index contributed by atoms with van der Waals surface area (Å²) in [5.41, 5.74) is 13.5. The van der Waals surface area contributed by atoms with Crippen molar-refractivity contribution in [3.05, 3.63) is 81.5 Å². The van der Waals surface area contributed by atoms with Gasteiger partial charge in [0.25, 0.3) is 5.56 Å². The number of amides is 3. The van der Waals surface area contributed by atoms with Crippen molar-refractivity contribution in [2.45, 2.75) is 20.4 Å². The normalized spacial score (nSPS) is 10.9. The summed E-state index contributed by atoms with van der Waals surface area (Å²) < 4.78 is 2.71. The lowest BCUT2D eigenvalue weighted by molar-refractivity contribution is -0.116. The second-order valence-corrected chi connectivity index (χ2v) is 7.89. The minimum absolute atomic E-state index is 0.00523. The molecule has 0 fully saturated rings. The van der Waals surface area contributed by atoms with E-state index in [1.165, 1.54) is 30.7 Å². The molecule has 2 heterocycles. The zero-order chi connectivity index (χ0) is 24.6. The average molecular weight is 459 g/mol. The molecule has 0 saturated heterocycles. The fourth-order valence-corrected chi connectivity index (χ4v) is 3.66. The van der Waals surface area contributed by atoms with Crippen LogP contribution in [0.15, 0.2) is 53.7 Å². The number of anilines is 1. The fraction of sp³-hybridized carbons (Fsp3) is 0.130. The highest BCUT2D eigenvalue weighted by Crippen LogP contribution is 2.18. The van der Waals surface area contributed by atoms with E-state index in [0.29, 0.717) is 5.65 Å². The zero-order valence-corrected chi connectivity index (χ0v) is 18.4. The molecule has 0 saturated carbocycles. The maximum atomic E-state index is 12.9. The van der Waals surface area contributed by atoms with Gasteiger partial charge in [0.15, 0.2) is 5.65 Å². The van der Waals surface area contributed by atoms with Crippen LogP contribution in [0.5, 0.6) is 0 Å². The number of primary amides is 2. The smallest absolute Gasteiger partial charge is 0.264 e. The standard InChI is InChI=1S/C23H21N7O4/c1-12-3-13(2)5-17(4-12)30-22-18(9-27-30)23(34)29(11-26-22)10-19(31)28-16-7-14(20(24)32)6-15(8-16)21(25)33/h3-9,11H,10H2,1-2H3,(H2,24,32)(H2,25,33)(H,28,31). The lowest BCUT2D eigenvalue weighted by atomic mass is 10.1. The molecule has 4 rings (SSSR count). The predicted octanol–water partition coefficient (Wildman–Crippen LogP) is 1.04. The van der Waals surface area contributed by atoms with Gasteiger partial charge in [-0.05, 0) is 55.3 Å². The Balaban J connectivity index is 1.61. The van der Waals surface area contributed by atoms with Gasteiger partial charge in [-0.2, -0.15) is 5.10 Å². The van der Waals surface area contributed by atoms with Crippen molar-refractivity contribution in [3.63, 3.8) is 0 Å². The number of nitrogens with one attached hydrogen (secondary N) is 1. The van der Waals surface area contributed by atoms with E-state index in [9.17, 15) is 19.2 Å². The van der Waals surface area contributed by atoms with Crippen molar-refractivity contribution in [1.29, 1.82) is 0 Å². The van der Waals surface area contributed by atoms with Crippen molar-refractivity contribution in [1.82, 2.24) is 19.3 Å². The summed E-state index contributed by atoms with van der Waals surface area (Å²) in [5, 5.41) is 7.09. The highest BCUT2D eigenvalue weighted by Gasteiger charge is 2.15. The maximum Gasteiger partial charge on any atom is 0.264 e. The van der Waals surface area contributed by atoms with E-state index < -0.39 is 23.3 Å². The molecule has 11 heteroatoms. The Labute approximate surface area is 193 Å². The first-order valence-corrected chi connectivity index (χ1v) is 10.2. The van der Waals surface area contributed by atoms with Crippen molar-refractivity contribution < 1.29 is 14.4 Å². The summed E-state index contributed by atoms with van der Waals surface area (Å²) in [4.78, 5) is 52.9. The van der Waals surface area contributed by atoms with Gasteiger partial charge >= 0.3 is 0 Å². The number of fused-ring (bicyclic) bond motifs is 1. The average Bonchev–Trinajstić information content (AvgIpc) is 3.19. The maximum absolute atomic E-state index is 12.9. The summed E-state index contributed by atoms with van der Waals surface area (Å²) in [6, 6.07) is 9.74. The van der Waals surface area contributed by atoms with Gasteiger partial charge in [-0.1, -0.05) is 6.07 Å². The number of hydrogen-bond donors (Lipinski definition) is 3. The third kappa shape index (κ3) is 4.39. The predicted molar refractivity (Wildman–Crippen MR) is 125 cm³/mol. The second-order valence-electron chi connectivity index (χ2n) is 7.89. The number of benzene rings is 2. The molecular weight excluding hydrogens is 438 g/mol. The number of aryl methyl sites for hydroxylation is 2. The molecule has 5 N–H and O–H groups in total. The van der Waals surface area contributed by atoms with Gasteiger partial charge in [-0.15, -0.1) is 0 Å². The second kappa shape index (κ2) is 8.62. The molecule has 0 aliphatic rings. The Hall–Kier alpha value is -4.80. The van der Waals surface area contributed by atoms with Crippen LogP contribution in [0.3, 0.4) is 0 Å². The third-order valence-electron chi connectivity index (χ3n) is 5.11. The molecule has 0 unspecified atom stereocenters. The Morgan fingerprint density at radius 2 is 1.56 bits per heavy atom. The summed E-state index contributed by atoms with van der Waals surface area (Å²) in [7, 11) is 0. The van der Waals surface area contributed by atoms with Crippen LogP contribution in [0.2, 0.25) is 0 Å². The molecule has 11 nitrogen and oxygen atoms in total. The molecule has 0 atom stereocenters. The van der Waals surface area contributed by atoms with E-state index in [0.717, 1.165) is 21.4 Å². The molecule has 172 valence electrons. The topological polar surface area (TPSA) is 168 Å². The Kier molecular flexibility index (Phi) is 5.68. The van der Waals surface area contributed by atoms with Crippen LogP contribution in [0.4, 0.5) is 5.69 Å². The lowest BCUT2D eigenvalue weighted by Gasteiger charge is -2.10. The first kappa shape index (κ1) is 22.4. The van der Waals surface area contributed by atoms with E-state index in [1.807, 2.05) is 32.0 Å². The lowest BCUT2D eigenvalue weighted by Crippen LogP contribution is -2.28. The molecule has 0 aliphatic carbocycles. The van der Waals surface area contributed by atoms with Crippen molar-refractivity contribution >= 4 is 34.4 Å². The van der Waals surface area contributed by atoms with Crippen LogP contribution in [-0.4, -0.2) is 37.1 Å². The molecule has 0 spiro atoms. The number of hydrogen-bond acceptors (Lipinski definition) is 6. The van der Waals surface area contributed by atoms with Crippen LogP contribution < -0.4 is 22.3 Å². The van der Waals surface area contributed by atoms with Gasteiger partial charge in [-0.25, -0.2) is 9.67 Å². The number of aromatic nitrogens is 4. The number of nitrogens with two attached hydrogens (primary N) is 2. The van der Waals surface area contributed by atoms with Gasteiger partial charge < -0.3 is 16.8 Å². The van der Waals surface area contributed by atoms with Crippen molar-refractivity contribution in [2.24, 2.45) is 11.5 Å². The molecule has 34 heavy (non-hydrogen) atoms. The minimum Gasteiger partial charge on any atom is -0.366 e. The fourth-order valence-electron chi connectivity index (χ4n) is 3.66. The molecule has 2 aromatic heterocycles. The SMILES string of the molecule is Cc1cc(C)cc(-n2ncc3c(=O)n(CC(=O)Nc4cc(C(N)=O)cc(C(N)=O)c4)cnc32)c1. The van der Waals surface area contributed by atoms with E-state index >= 15 is 0 Å². The van der Waals surface area contributed by atoms with E-state index in [1.54, 1.807) is 4.68 Å². The van der Waals surface area contributed by atoms with E-state index in [2.05, 4.69) is 15.4 Å². The van der Waals surface area contributed by atoms with Crippen molar-refractivity contribution in [2.75, 3.05) is 5.32 Å². The number of rotatable bonds is 6. The molecule has 4 aromatic rings. The van der Waals surface area contributed by atoms with Crippen LogP contribution in [0.1, 0.15) is 31.8 Å². The van der Waals surface area contributed by atoms with Gasteiger partial charge in [0.1, 0.15) is 18.3 Å². The Morgan fingerprint density at radius 3 is 2.15 bits per heavy atom. The van der Waals surface area contributed by atoms with Crippen LogP contribution in [0.25, 0.3) is 16.7 Å². The van der Waals surface area contributed by atoms with Crippen LogP contribution in [0, 0.1) is 13.8 Å². The largest absolute Gasteiger partial charge is 0.366 e. The number of carbonyl (C=O) groups excluding carboxylic acids is 3. The minimum atomic E-state index is -0.787. The zero-order valence-electron chi connectivity index (χ0n) is 18.4. The highest BCUT2D eigenvalue weighted by atomic mass is 16.2. The number of carbonyl (C=O) groups is 3. The molecule has 0 bridgehead atoms. The van der Waals surface area contributed by atoms with Crippen LogP contribution in [-0.2, 0) is 11.3 Å². The molecule has 0 radical (unpaired) electrons. The van der Waals surface area contributed by atoms with E-state index in [-0.39, 0.29) is 28.7 Å². The summed E-state index contributed by atoms with van der Waals surface area (Å²) in [6.07, 6.45) is 2.67.